The Kier molecular flexibility index (Phi) is 6.37. The summed E-state index contributed by atoms with van der Waals surface area (Å²) in [6.07, 6.45) is -6.34. The summed E-state index contributed by atoms with van der Waals surface area (Å²) in [7, 11) is 0. The van der Waals surface area contributed by atoms with E-state index in [2.05, 4.69) is 8.46 Å². The molecule has 1 aliphatic heterocycles. The third kappa shape index (κ3) is 4.83. The predicted octanol–water partition coefficient (Wildman–Crippen LogP) is -1.31. The van der Waals surface area contributed by atoms with Gasteiger partial charge in [-0.1, -0.05) is 0 Å². The van der Waals surface area contributed by atoms with Crippen LogP contribution in [0.5, 0.6) is 0 Å². The van der Waals surface area contributed by atoms with Gasteiger partial charge in [-0.05, 0) is 0 Å². The maximum absolute atomic E-state index is 12.6. The Balaban J connectivity index is 2.53. The van der Waals surface area contributed by atoms with Gasteiger partial charge in [0, 0.05) is 0 Å². The number of carbonyl (C=O) groups is 1. The molecule has 2 N–H and O–H groups in total. The van der Waals surface area contributed by atoms with Crippen molar-refractivity contribution in [2.24, 2.45) is 0 Å². The van der Waals surface area contributed by atoms with Gasteiger partial charge in [0.2, 0.25) is 0 Å². The third-order valence-electron chi connectivity index (χ3n) is 2.91. The van der Waals surface area contributed by atoms with Gasteiger partial charge in [-0.25, -0.2) is 0 Å². The van der Waals surface area contributed by atoms with Crippen molar-refractivity contribution in [3.63, 3.8) is 0 Å². The molecule has 0 aliphatic carbocycles. The summed E-state index contributed by atoms with van der Waals surface area (Å²) in [4.78, 5) is 16.0. The molecule has 0 amide bonds. The predicted molar refractivity (Wildman–Crippen MR) is 73.4 cm³/mol. The number of nitrogens with one attached hydrogen (secondary N) is 1. The zero-order valence-corrected chi connectivity index (χ0v) is 15.9. The van der Waals surface area contributed by atoms with Crippen LogP contribution in [0, 0.1) is 0 Å². The number of hydrogen-bond donors (Lipinski definition) is 2. The van der Waals surface area contributed by atoms with E-state index in [1.165, 1.54) is 6.92 Å². The number of rotatable bonds is 6. The molecule has 0 spiro atoms. The molecule has 0 bridgehead atoms. The summed E-state index contributed by atoms with van der Waals surface area (Å²) in [5, 5.41) is 9.38. The van der Waals surface area contributed by atoms with Crippen LogP contribution in [0.25, 0.3) is 0 Å². The van der Waals surface area contributed by atoms with E-state index < -0.39 is 50.4 Å². The summed E-state index contributed by atoms with van der Waals surface area (Å²) >= 11 is -1.54. The summed E-state index contributed by atoms with van der Waals surface area (Å²) in [6, 6.07) is 0. The Bertz CT molecular complexity index is 365. The minimum absolute atomic E-state index is 0.178. The van der Waals surface area contributed by atoms with Crippen LogP contribution in [0.3, 0.4) is 0 Å². The van der Waals surface area contributed by atoms with E-state index in [0.717, 1.165) is 0 Å². The van der Waals surface area contributed by atoms with Crippen LogP contribution in [0.4, 0.5) is 13.2 Å². The van der Waals surface area contributed by atoms with Crippen molar-refractivity contribution in [2.45, 2.75) is 46.1 Å². The Morgan fingerprint density at radius 1 is 1.55 bits per heavy atom. The molecule has 0 aromatic carbocycles. The zero-order valence-electron chi connectivity index (χ0n) is 11.6. The van der Waals surface area contributed by atoms with E-state index in [0.29, 0.717) is 6.92 Å². The second kappa shape index (κ2) is 6.82. The number of esters is 1. The van der Waals surface area contributed by atoms with Gasteiger partial charge >= 0.3 is 135 Å². The van der Waals surface area contributed by atoms with Crippen molar-refractivity contribution >= 4 is 26.1 Å². The molecule has 1 rings (SSSR count). The van der Waals surface area contributed by atoms with Crippen LogP contribution in [-0.2, 0) is 9.53 Å². The van der Waals surface area contributed by atoms with E-state index in [4.69, 9.17) is 4.74 Å². The summed E-state index contributed by atoms with van der Waals surface area (Å²) < 4.78 is 46.1. The van der Waals surface area contributed by atoms with Crippen molar-refractivity contribution < 1.29 is 49.0 Å². The van der Waals surface area contributed by atoms with Crippen molar-refractivity contribution in [1.82, 2.24) is 3.53 Å². The topological polar surface area (TPSA) is 68.5 Å². The van der Waals surface area contributed by atoms with Crippen LogP contribution < -0.4 is 24.7 Å². The van der Waals surface area contributed by atoms with Gasteiger partial charge < -0.3 is 0 Å². The first-order valence-corrected chi connectivity index (χ1v) is 13.7. The monoisotopic (exact) mass is 524 g/mol. The molecular formula is C11H19F3I2NO3-. The summed E-state index contributed by atoms with van der Waals surface area (Å²) in [5.41, 5.74) is -2.84. The van der Waals surface area contributed by atoms with Gasteiger partial charge in [0.1, 0.15) is 0 Å². The number of hydrogen-bond acceptors (Lipinski definition) is 4. The van der Waals surface area contributed by atoms with Crippen LogP contribution >= 0.6 is 20.1 Å². The Hall–Kier alpha value is 0.640. The van der Waals surface area contributed by atoms with Crippen LogP contribution in [-0.4, -0.2) is 46.8 Å². The fourth-order valence-corrected chi connectivity index (χ4v) is 12.4. The van der Waals surface area contributed by atoms with E-state index in [-0.39, 0.29) is 29.2 Å². The van der Waals surface area contributed by atoms with Crippen LogP contribution in [0.1, 0.15) is 20.3 Å². The molecule has 122 valence electrons. The van der Waals surface area contributed by atoms with Gasteiger partial charge in [-0.2, -0.15) is 0 Å². The molecule has 0 aromatic heterocycles. The summed E-state index contributed by atoms with van der Waals surface area (Å²) in [6.45, 7) is 2.08. The van der Waals surface area contributed by atoms with Crippen LogP contribution in [0.2, 0.25) is 0 Å². The first kappa shape index (κ1) is 18.7. The van der Waals surface area contributed by atoms with Gasteiger partial charge in [-0.15, -0.1) is 0 Å². The van der Waals surface area contributed by atoms with Crippen LogP contribution in [0.15, 0.2) is 0 Å². The van der Waals surface area contributed by atoms with Crippen molar-refractivity contribution in [3.8, 4) is 0 Å². The van der Waals surface area contributed by atoms with E-state index >= 15 is 0 Å². The maximum atomic E-state index is 12.6. The molecule has 1 aliphatic rings. The first-order valence-electron chi connectivity index (χ1n) is 5.82. The Labute approximate surface area is 134 Å². The molecule has 1 heterocycles. The normalized spacial score (nSPS) is 26.8. The van der Waals surface area contributed by atoms with Crippen molar-refractivity contribution in [2.75, 3.05) is 9.86 Å². The first-order chi connectivity index (χ1) is 8.99. The van der Waals surface area contributed by atoms with Gasteiger partial charge in [0.25, 0.3) is 0 Å². The van der Waals surface area contributed by atoms with Crippen molar-refractivity contribution in [3.05, 3.63) is 0 Å². The Morgan fingerprint density at radius 3 is 2.40 bits per heavy atom. The molecule has 0 aromatic rings. The molecular weight excluding hydrogens is 505 g/mol. The molecule has 0 radical (unpaired) electrons. The summed E-state index contributed by atoms with van der Waals surface area (Å²) in [5.74, 6) is -0.426. The molecule has 4 atom stereocenters. The van der Waals surface area contributed by atoms with Crippen molar-refractivity contribution in [1.29, 1.82) is 0 Å². The molecule has 4 unspecified atom stereocenters. The number of alkyl halides is 7. The van der Waals surface area contributed by atoms with Gasteiger partial charge in [-0.3, -0.25) is 0 Å². The quantitative estimate of drug-likeness (QED) is 0.113. The fraction of sp³-hybridized carbons (Fsp3) is 0.909. The van der Waals surface area contributed by atoms with E-state index in [9.17, 15) is 23.1 Å². The SMILES string of the molecule is C[I-]C(C(=O)OC(C)CC(C)(O)C(F)(F)F)C1NI1C. The average molecular weight is 524 g/mol. The minimum atomic E-state index is -4.73. The third-order valence-corrected chi connectivity index (χ3v) is 10.9. The molecule has 0 saturated carbocycles. The molecule has 1 fully saturated rings. The zero-order chi connectivity index (χ0) is 15.7. The molecule has 9 heteroatoms. The average Bonchev–Trinajstić information content (AvgIpc) is 2.93. The number of halogens is 5. The second-order valence-electron chi connectivity index (χ2n) is 4.87. The van der Waals surface area contributed by atoms with Gasteiger partial charge in [0.15, 0.2) is 0 Å². The molecule has 1 saturated heterocycles. The molecule has 4 nitrogen and oxygen atoms in total. The second-order valence-corrected chi connectivity index (χ2v) is 12.4. The van der Waals surface area contributed by atoms with E-state index in [1.807, 2.05) is 4.93 Å². The molecule has 20 heavy (non-hydrogen) atoms. The number of aliphatic hydroxyl groups is 1. The fourth-order valence-electron chi connectivity index (χ4n) is 1.66. The van der Waals surface area contributed by atoms with Gasteiger partial charge in [0.05, 0.1) is 0 Å². The standard InChI is InChI=1S/C11H19F3I2NO3/c1-6(5-10(2,19)11(12,13)14)20-9(18)7(15-3)8-16(4)17-8/h6-8,17,19H,5H2,1-4H3/q-1. The van der Waals surface area contributed by atoms with E-state index in [1.54, 1.807) is 0 Å². The number of ether oxygens (including phenoxy) is 1. The number of carbonyl (C=O) groups excluding carboxylic acids is 1. The Morgan fingerprint density at radius 2 is 2.05 bits per heavy atom.